The van der Waals surface area contributed by atoms with E-state index in [0.717, 1.165) is 25.6 Å². The number of hydroxylamine groups is 2. The molecular weight excluding hydrogens is 1720 g/mol. The minimum Gasteiger partial charge on any atom is -0.481 e. The Kier molecular flexibility index (Phi) is 152. The fraction of sp³-hybridized carbons (Fsp3) is 0.912. The summed E-state index contributed by atoms with van der Waals surface area (Å²) in [4.78, 5) is 81.2. The summed E-state index contributed by atoms with van der Waals surface area (Å²) in [7, 11) is 4.41. The maximum Gasteiger partial charge on any atom is 0.331 e. The number of hydrogen-bond acceptors (Lipinski definition) is 34. The number of carboxylic acid groups (broad SMARTS) is 2. The Bertz CT molecular complexity index is 2160. The number of primary amides is 2. The largest absolute Gasteiger partial charge is 0.481 e. The van der Waals surface area contributed by atoms with Crippen LogP contribution in [-0.2, 0) is 124 Å². The third-order valence-electron chi connectivity index (χ3n) is 11.8. The van der Waals surface area contributed by atoms with Crippen molar-refractivity contribution >= 4 is 47.5 Å². The average Bonchev–Trinajstić information content (AvgIpc) is 1.80. The van der Waals surface area contributed by atoms with Crippen molar-refractivity contribution in [2.24, 2.45) is 17.4 Å². The predicted molar refractivity (Wildman–Crippen MR) is 508 cm³/mol. The number of aliphatic carboxylic acids is 2. The Balaban J connectivity index is -0.0000000845. The van der Waals surface area contributed by atoms with Crippen LogP contribution in [-0.4, -0.2) is 355 Å². The van der Waals surface area contributed by atoms with Crippen LogP contribution < -0.4 is 22.4 Å². The van der Waals surface area contributed by atoms with E-state index in [1.54, 1.807) is 21.0 Å². The molecule has 0 aromatic heterocycles. The quantitative estimate of drug-likeness (QED) is 0.0116. The molecule has 1 rings (SSSR count). The lowest BCUT2D eigenvalue weighted by atomic mass is 10.4. The maximum atomic E-state index is 10.5. The van der Waals surface area contributed by atoms with Gasteiger partial charge in [-0.05, 0) is 268 Å². The molecule has 800 valence electrons. The Hall–Kier alpha value is -5.20. The highest BCUT2D eigenvalue weighted by atomic mass is 16.6. The molecule has 2 atom stereocenters. The van der Waals surface area contributed by atoms with Crippen molar-refractivity contribution in [3.8, 4) is 0 Å². The Morgan fingerprint density at radius 3 is 0.847 bits per heavy atom. The molecule has 1 aliphatic carbocycles. The fourth-order valence-electron chi connectivity index (χ4n) is 5.63. The molecule has 40 nitrogen and oxygen atoms in total. The molecule has 40 heteroatoms. The summed E-state index contributed by atoms with van der Waals surface area (Å²) in [6, 6.07) is 0. The molecule has 0 radical (unpaired) electrons. The molecule has 0 aromatic rings. The molecule has 0 heterocycles. The van der Waals surface area contributed by atoms with Gasteiger partial charge in [0.2, 0.25) is 17.7 Å². The molecule has 0 unspecified atom stereocenters. The molecule has 0 aliphatic heterocycles. The van der Waals surface area contributed by atoms with Gasteiger partial charge in [-0.25, -0.2) is 20.5 Å². The van der Waals surface area contributed by atoms with Crippen molar-refractivity contribution in [3.63, 3.8) is 0 Å². The van der Waals surface area contributed by atoms with E-state index in [0.29, 0.717) is 89.1 Å². The summed E-state index contributed by atoms with van der Waals surface area (Å²) in [6.45, 7) is 72.2. The van der Waals surface area contributed by atoms with E-state index >= 15 is 0 Å². The van der Waals surface area contributed by atoms with Crippen LogP contribution in [0.3, 0.4) is 0 Å². The summed E-state index contributed by atoms with van der Waals surface area (Å²) in [5, 5.41) is 82.8. The van der Waals surface area contributed by atoms with Crippen molar-refractivity contribution in [1.29, 1.82) is 0 Å². The van der Waals surface area contributed by atoms with Crippen LogP contribution in [0.4, 0.5) is 0 Å². The van der Waals surface area contributed by atoms with E-state index in [9.17, 15) is 38.4 Å². The van der Waals surface area contributed by atoms with Gasteiger partial charge in [-0.15, -0.1) is 0 Å². The standard InChI is InChI=1S/C7H14O3.C7H14O.C6H13NO3.C6H13NO2.C6H12O3.2C6H14O3.C6H12O3.C6H14O2.C6H14O.C5H11NO3.C5H11NO2.C5H10O3.C5H12O2.C5H12O.C4H10O/c1-6(2)10-5-4-7(8)9-3;1-6(2)8-5-7-3-4-7;1-5(2)10-4-3-6(8)7-9;1-5(2)9-4-3-6(7)8;1-5(2)9-4-6(7)8-3;2*1-5(2)9-4-6(8)3-7;1-5(2)9-4-3-6(7)8;1-6(2)8-5-3-4-7;1-5(2)7-6(3)4;1-4(2)9-3-5(7)6-8;2*1-4(2)8-3-5(6)7;1-5(2)7-4-3-6;1-4-6-5(2)3;1-4(2)5-3/h6H,4-5H2,1-3H3;6-7H,3-5H2,1-2H3;5,9H,3-4H2,1-2H3,(H,7,8);5H,3-4H2,1-2H3,(H2,7,8);5H,4H2,1-3H3;2*5-8H,3-4H2,1-2H3;5H,3-4H2,1-2H3,(H,7,8);6-7H,3-5H2,1-2H3;5-6H,1-4H3;4,8H,3H2,1-2H3,(H,6,7);4H,3H2,1-2H3,(H2,6,7);4H,3H2,1-2H3,(H,6,7);5-6H,3-4H2,1-2H3;5H,4H2,1-3H3;4H,1-3H3/t;;;;;2*6-;;;;;;;;;/m.....10........./s1. The highest BCUT2D eigenvalue weighted by Gasteiger charge is 2.21. The summed E-state index contributed by atoms with van der Waals surface area (Å²) in [6.07, 6.45) is 6.59. The van der Waals surface area contributed by atoms with E-state index in [1.807, 2.05) is 215 Å². The second-order valence-corrected chi connectivity index (χ2v) is 32.0. The number of amides is 4. The van der Waals surface area contributed by atoms with Gasteiger partial charge in [0.05, 0.1) is 203 Å². The van der Waals surface area contributed by atoms with Crippen LogP contribution >= 0.6 is 0 Å². The molecule has 0 saturated heterocycles. The third-order valence-corrected chi connectivity index (χ3v) is 11.8. The zero-order valence-electron chi connectivity index (χ0n) is 88.5. The van der Waals surface area contributed by atoms with Gasteiger partial charge < -0.3 is 138 Å². The van der Waals surface area contributed by atoms with E-state index in [-0.39, 0.29) is 164 Å². The number of ether oxygens (including phenoxy) is 18. The van der Waals surface area contributed by atoms with Crippen molar-refractivity contribution in [3.05, 3.63) is 0 Å². The number of methoxy groups -OCH3 is 3. The monoisotopic (exact) mass is 1930 g/mol. The number of carbonyl (C=O) groups excluding carboxylic acids is 6. The molecule has 131 heavy (non-hydrogen) atoms. The average molecular weight is 1930 g/mol. The number of rotatable bonds is 51. The SMILES string of the molecule is CC(C)OC(C)C.CC(C)OCC(=O)NO.CC(C)OCC(=O)O.CC(C)OCC(N)=O.CC(C)OCC1CC1.CC(C)OCCC(=O)NO.CC(C)OCCC(=O)O.CC(C)OCCC(N)=O.CC(C)OCCCO.CC(C)OCCO.CC(C)OC[C@@H](O)CO.CC(C)OC[C@H](O)CO.CCOC(C)C.COC(=O)CCOC(C)C.COC(=O)COC(C)C.COC(C)C. The van der Waals surface area contributed by atoms with Crippen molar-refractivity contribution in [1.82, 2.24) is 11.0 Å². The summed E-state index contributed by atoms with van der Waals surface area (Å²) >= 11 is 0. The van der Waals surface area contributed by atoms with Crippen LogP contribution in [0.15, 0.2) is 0 Å². The maximum absolute atomic E-state index is 10.5. The summed E-state index contributed by atoms with van der Waals surface area (Å²) in [5.41, 5.74) is 12.6. The van der Waals surface area contributed by atoms with Crippen molar-refractivity contribution < 1.29 is 175 Å². The predicted octanol–water partition coefficient (Wildman–Crippen LogP) is 10.2. The van der Waals surface area contributed by atoms with E-state index in [1.165, 1.54) is 38.0 Å². The number of carboxylic acids is 2. The number of nitrogens with one attached hydrogen (secondary N) is 2. The van der Waals surface area contributed by atoms with E-state index < -0.39 is 41.9 Å². The highest BCUT2D eigenvalue weighted by Crippen LogP contribution is 2.29. The first-order chi connectivity index (χ1) is 60.5. The minimum atomic E-state index is -0.918. The van der Waals surface area contributed by atoms with Gasteiger partial charge in [0.15, 0.2) is 0 Å². The molecule has 16 N–H and O–H groups in total. The van der Waals surface area contributed by atoms with Gasteiger partial charge in [-0.2, -0.15) is 0 Å². The lowest BCUT2D eigenvalue weighted by Gasteiger charge is -2.10. The zero-order chi connectivity index (χ0) is 106. The highest BCUT2D eigenvalue weighted by molar-refractivity contribution is 5.76. The van der Waals surface area contributed by atoms with Gasteiger partial charge in [0.1, 0.15) is 38.6 Å². The number of hydrogen-bond donors (Lipinski definition) is 14. The molecule has 1 saturated carbocycles. The molecule has 0 aromatic carbocycles. The van der Waals surface area contributed by atoms with Crippen molar-refractivity contribution in [2.75, 3.05) is 140 Å². The van der Waals surface area contributed by atoms with E-state index in [2.05, 4.69) is 23.3 Å². The summed E-state index contributed by atoms with van der Waals surface area (Å²) < 4.78 is 88.6. The Labute approximate surface area is 791 Å². The summed E-state index contributed by atoms with van der Waals surface area (Å²) in [5.74, 6) is -3.03. The fourth-order valence-corrected chi connectivity index (χ4v) is 5.63. The van der Waals surface area contributed by atoms with Gasteiger partial charge in [-0.1, -0.05) is 0 Å². The first-order valence-corrected chi connectivity index (χ1v) is 45.1. The molecule has 1 fully saturated rings. The topological polar surface area (TPSA) is 581 Å². The van der Waals surface area contributed by atoms with Crippen LogP contribution in [0.25, 0.3) is 0 Å². The van der Waals surface area contributed by atoms with Crippen molar-refractivity contribution in [2.45, 2.75) is 403 Å². The lowest BCUT2D eigenvalue weighted by molar-refractivity contribution is -0.147. The number of esters is 2. The van der Waals surface area contributed by atoms with Gasteiger partial charge in [0, 0.05) is 40.0 Å². The number of carbonyl (C=O) groups is 8. The van der Waals surface area contributed by atoms with Crippen LogP contribution in [0.1, 0.15) is 287 Å². The smallest absolute Gasteiger partial charge is 0.331 e. The third kappa shape index (κ3) is 250. The van der Waals surface area contributed by atoms with E-state index in [4.69, 9.17) is 139 Å². The van der Waals surface area contributed by atoms with Gasteiger partial charge in [0.25, 0.3) is 5.91 Å². The van der Waals surface area contributed by atoms with Crippen LogP contribution in [0.5, 0.6) is 0 Å². The molecular formula is C91H200N4O36. The second-order valence-electron chi connectivity index (χ2n) is 32.0. The van der Waals surface area contributed by atoms with Gasteiger partial charge in [-0.3, -0.25) is 39.2 Å². The number of aliphatic hydroxyl groups excluding tert-OH is 6. The second kappa shape index (κ2) is 125. The number of nitrogens with two attached hydrogens (primary N) is 2. The Morgan fingerprint density at radius 1 is 0.321 bits per heavy atom. The Morgan fingerprint density at radius 2 is 0.626 bits per heavy atom. The zero-order valence-corrected chi connectivity index (χ0v) is 88.5. The number of aliphatic hydroxyl groups is 6. The normalized spacial score (nSPS) is 11.3. The minimum absolute atomic E-state index is 0.00565. The molecule has 0 spiro atoms. The first-order valence-electron chi connectivity index (χ1n) is 45.1. The van der Waals surface area contributed by atoms with Crippen LogP contribution in [0.2, 0.25) is 0 Å². The van der Waals surface area contributed by atoms with Gasteiger partial charge >= 0.3 is 23.9 Å². The first kappa shape index (κ1) is 160. The van der Waals surface area contributed by atoms with Crippen LogP contribution in [0, 0.1) is 5.92 Å². The molecule has 4 amide bonds. The lowest BCUT2D eigenvalue weighted by Crippen LogP contribution is -2.25. The molecule has 0 bridgehead atoms. The molecule has 1 aliphatic rings.